The maximum atomic E-state index is 14.7. The van der Waals surface area contributed by atoms with Gasteiger partial charge < -0.3 is 19.7 Å². The molecule has 3 aromatic rings. The highest BCUT2D eigenvalue weighted by molar-refractivity contribution is 6.42. The maximum absolute atomic E-state index is 14.7. The van der Waals surface area contributed by atoms with E-state index in [2.05, 4.69) is 21.9 Å². The minimum absolute atomic E-state index is 0.00938. The van der Waals surface area contributed by atoms with E-state index in [0.29, 0.717) is 19.4 Å². The fraction of sp³-hybridized carbons (Fsp3) is 0.261. The quantitative estimate of drug-likeness (QED) is 0.187. The summed E-state index contributed by atoms with van der Waals surface area (Å²) in [7, 11) is 1.34. The van der Waals surface area contributed by atoms with Gasteiger partial charge >= 0.3 is 5.69 Å². The first-order valence-electron chi connectivity index (χ1n) is 10.7. The topological polar surface area (TPSA) is 120 Å². The van der Waals surface area contributed by atoms with Gasteiger partial charge in [-0.1, -0.05) is 29.8 Å². The zero-order valence-corrected chi connectivity index (χ0v) is 20.5. The molecule has 0 bridgehead atoms. The first kappa shape index (κ1) is 25.4. The van der Waals surface area contributed by atoms with Crippen LogP contribution in [-0.2, 0) is 4.79 Å². The van der Waals surface area contributed by atoms with E-state index < -0.39 is 22.5 Å². The van der Waals surface area contributed by atoms with E-state index in [1.54, 1.807) is 4.90 Å². The summed E-state index contributed by atoms with van der Waals surface area (Å²) in [5.41, 5.74) is -0.404. The van der Waals surface area contributed by atoms with Crippen LogP contribution in [0.5, 0.6) is 11.5 Å². The number of fused-ring (bicyclic) bond motifs is 1. The van der Waals surface area contributed by atoms with E-state index in [0.717, 1.165) is 0 Å². The van der Waals surface area contributed by atoms with Crippen molar-refractivity contribution < 1.29 is 23.6 Å². The number of hydrogen-bond donors (Lipinski definition) is 1. The number of hydrogen-bond acceptors (Lipinski definition) is 8. The number of rotatable bonds is 7. The molecule has 4 rings (SSSR count). The predicted octanol–water partition coefficient (Wildman–Crippen LogP) is 5.29. The van der Waals surface area contributed by atoms with Crippen LogP contribution in [0.4, 0.5) is 21.6 Å². The number of amides is 1. The number of carbonyl (C=O) groups is 1. The molecule has 10 nitrogen and oxygen atoms in total. The second-order valence-corrected chi connectivity index (χ2v) is 8.63. The highest BCUT2D eigenvalue weighted by Crippen LogP contribution is 2.46. The molecule has 0 saturated carbocycles. The fourth-order valence-corrected chi connectivity index (χ4v) is 4.29. The standard InChI is InChI=1S/C23H20Cl2FN5O5/c1-3-17(32)30-8-4-5-12(10-30)36-22-16(35-2)9-15-18(21(22)31(33)34)23(28-11-27-15)29-14-7-6-13(24)19(25)20(14)26/h3,6-7,9,11-12H,1,4-5,8,10H2,2H3,(H,27,28,29). The van der Waals surface area contributed by atoms with Crippen molar-refractivity contribution in [1.82, 2.24) is 14.9 Å². The van der Waals surface area contributed by atoms with Crippen molar-refractivity contribution in [2.24, 2.45) is 0 Å². The third-order valence-corrected chi connectivity index (χ3v) is 6.44. The lowest BCUT2D eigenvalue weighted by Gasteiger charge is -2.32. The van der Waals surface area contributed by atoms with Gasteiger partial charge in [-0.3, -0.25) is 14.9 Å². The molecule has 1 N–H and O–H groups in total. The van der Waals surface area contributed by atoms with Crippen LogP contribution in [-0.4, -0.2) is 52.0 Å². The molecule has 1 unspecified atom stereocenters. The molecule has 13 heteroatoms. The van der Waals surface area contributed by atoms with Crippen molar-refractivity contribution >= 4 is 57.2 Å². The molecule has 1 aliphatic rings. The van der Waals surface area contributed by atoms with Gasteiger partial charge in [0.15, 0.2) is 11.6 Å². The number of nitro groups is 1. The lowest BCUT2D eigenvalue weighted by atomic mass is 10.1. The molecule has 2 heterocycles. The average molecular weight is 536 g/mol. The summed E-state index contributed by atoms with van der Waals surface area (Å²) in [6, 6.07) is 4.17. The number of aromatic nitrogens is 2. The monoisotopic (exact) mass is 535 g/mol. The number of piperidine rings is 1. The maximum Gasteiger partial charge on any atom is 0.327 e. The Bertz CT molecular complexity index is 1370. The zero-order chi connectivity index (χ0) is 26.0. The molecular weight excluding hydrogens is 516 g/mol. The van der Waals surface area contributed by atoms with Crippen LogP contribution < -0.4 is 14.8 Å². The van der Waals surface area contributed by atoms with Crippen LogP contribution >= 0.6 is 23.2 Å². The third kappa shape index (κ3) is 4.84. The Morgan fingerprint density at radius 2 is 2.17 bits per heavy atom. The van der Waals surface area contributed by atoms with Crippen molar-refractivity contribution in [2.75, 3.05) is 25.5 Å². The van der Waals surface area contributed by atoms with E-state index in [1.807, 2.05) is 0 Å². The first-order valence-corrected chi connectivity index (χ1v) is 11.5. The minimum Gasteiger partial charge on any atom is -0.493 e. The Labute approximate surface area is 214 Å². The zero-order valence-electron chi connectivity index (χ0n) is 19.0. The summed E-state index contributed by atoms with van der Waals surface area (Å²) < 4.78 is 26.2. The van der Waals surface area contributed by atoms with Gasteiger partial charge in [0.05, 0.1) is 39.8 Å². The van der Waals surface area contributed by atoms with E-state index in [4.69, 9.17) is 32.7 Å². The van der Waals surface area contributed by atoms with Gasteiger partial charge in [0.25, 0.3) is 0 Å². The van der Waals surface area contributed by atoms with Crippen LogP contribution in [0.1, 0.15) is 12.8 Å². The number of carbonyl (C=O) groups excluding carboxylic acids is 1. The second-order valence-electron chi connectivity index (χ2n) is 7.85. The molecule has 1 amide bonds. The number of nitrogens with one attached hydrogen (secondary N) is 1. The van der Waals surface area contributed by atoms with Crippen LogP contribution in [0.2, 0.25) is 10.0 Å². The van der Waals surface area contributed by atoms with E-state index >= 15 is 0 Å². The van der Waals surface area contributed by atoms with Gasteiger partial charge in [0, 0.05) is 12.6 Å². The molecule has 188 valence electrons. The molecule has 1 aromatic heterocycles. The van der Waals surface area contributed by atoms with Gasteiger partial charge in [-0.15, -0.1) is 0 Å². The largest absolute Gasteiger partial charge is 0.493 e. The second kappa shape index (κ2) is 10.5. The van der Waals surface area contributed by atoms with E-state index in [9.17, 15) is 19.3 Å². The lowest BCUT2D eigenvalue weighted by molar-refractivity contribution is -0.384. The summed E-state index contributed by atoms with van der Waals surface area (Å²) in [5.74, 6) is -1.24. The number of benzene rings is 2. The van der Waals surface area contributed by atoms with Crippen LogP contribution in [0, 0.1) is 15.9 Å². The van der Waals surface area contributed by atoms with Gasteiger partial charge in [-0.25, -0.2) is 14.4 Å². The number of anilines is 2. The SMILES string of the molecule is C=CC(=O)N1CCCC(Oc2c(OC)cc3ncnc(Nc4ccc(Cl)c(Cl)c4F)c3c2[N+](=O)[O-])C1. The molecule has 1 atom stereocenters. The Hall–Kier alpha value is -3.70. The van der Waals surface area contributed by atoms with Gasteiger partial charge in [-0.2, -0.15) is 0 Å². The van der Waals surface area contributed by atoms with E-state index in [-0.39, 0.29) is 56.4 Å². The van der Waals surface area contributed by atoms with Crippen molar-refractivity contribution in [3.8, 4) is 11.5 Å². The highest BCUT2D eigenvalue weighted by Gasteiger charge is 2.32. The van der Waals surface area contributed by atoms with Crippen LogP contribution in [0.15, 0.2) is 37.2 Å². The van der Waals surface area contributed by atoms with Crippen LogP contribution in [0.25, 0.3) is 10.9 Å². The molecule has 0 aliphatic carbocycles. The van der Waals surface area contributed by atoms with E-state index in [1.165, 1.54) is 37.7 Å². The van der Waals surface area contributed by atoms with Crippen molar-refractivity contribution in [1.29, 1.82) is 0 Å². The van der Waals surface area contributed by atoms with Gasteiger partial charge in [0.1, 0.15) is 23.6 Å². The molecule has 1 aliphatic heterocycles. The normalized spacial score (nSPS) is 15.4. The predicted molar refractivity (Wildman–Crippen MR) is 133 cm³/mol. The molecule has 0 spiro atoms. The summed E-state index contributed by atoms with van der Waals surface area (Å²) in [5, 5.41) is 14.7. The molecule has 1 saturated heterocycles. The third-order valence-electron chi connectivity index (χ3n) is 5.66. The minimum atomic E-state index is -0.849. The first-order chi connectivity index (χ1) is 17.2. The number of nitro benzene ring substituents is 1. The Kier molecular flexibility index (Phi) is 7.41. The molecule has 1 fully saturated rings. The Balaban J connectivity index is 1.83. The molecule has 36 heavy (non-hydrogen) atoms. The van der Waals surface area contributed by atoms with Crippen molar-refractivity contribution in [3.05, 3.63) is 63.2 Å². The summed E-state index contributed by atoms with van der Waals surface area (Å²) in [6.07, 6.45) is 3.04. The fourth-order valence-electron chi connectivity index (χ4n) is 3.98. The van der Waals surface area contributed by atoms with Gasteiger partial charge in [-0.05, 0) is 31.1 Å². The summed E-state index contributed by atoms with van der Waals surface area (Å²) in [4.78, 5) is 33.5. The number of methoxy groups -OCH3 is 1. The molecule has 2 aromatic carbocycles. The van der Waals surface area contributed by atoms with Crippen molar-refractivity contribution in [2.45, 2.75) is 18.9 Å². The average Bonchev–Trinajstić information content (AvgIpc) is 2.88. The lowest BCUT2D eigenvalue weighted by Crippen LogP contribution is -2.43. The molecular formula is C23H20Cl2FN5O5. The number of likely N-dealkylation sites (tertiary alicyclic amines) is 1. The highest BCUT2D eigenvalue weighted by atomic mass is 35.5. The van der Waals surface area contributed by atoms with Crippen LogP contribution in [0.3, 0.4) is 0 Å². The number of halogens is 3. The number of nitrogens with zero attached hydrogens (tertiary/aromatic N) is 4. The van der Waals surface area contributed by atoms with Gasteiger partial charge in [0.2, 0.25) is 11.7 Å². The number of ether oxygens (including phenoxy) is 2. The Morgan fingerprint density at radius 3 is 2.86 bits per heavy atom. The van der Waals surface area contributed by atoms with Crippen molar-refractivity contribution in [3.63, 3.8) is 0 Å². The summed E-state index contributed by atoms with van der Waals surface area (Å²) >= 11 is 11.8. The molecule has 0 radical (unpaired) electrons. The summed E-state index contributed by atoms with van der Waals surface area (Å²) in [6.45, 7) is 4.24. The Morgan fingerprint density at radius 1 is 1.39 bits per heavy atom. The smallest absolute Gasteiger partial charge is 0.327 e.